The lowest BCUT2D eigenvalue weighted by molar-refractivity contribution is 0.0909. The van der Waals surface area contributed by atoms with Crippen molar-refractivity contribution in [2.75, 3.05) is 13.2 Å². The number of aromatic nitrogens is 1. The number of para-hydroxylation sites is 1. The molecule has 5 nitrogen and oxygen atoms in total. The summed E-state index contributed by atoms with van der Waals surface area (Å²) >= 11 is 0. The van der Waals surface area contributed by atoms with E-state index in [0.29, 0.717) is 36.0 Å². The Bertz CT molecular complexity index is 697. The smallest absolute Gasteiger partial charge is 0.181 e. The van der Waals surface area contributed by atoms with Crippen LogP contribution in [0.3, 0.4) is 0 Å². The van der Waals surface area contributed by atoms with Gasteiger partial charge in [0, 0.05) is 19.0 Å². The number of ketones is 2. The highest BCUT2D eigenvalue weighted by Gasteiger charge is 2.21. The summed E-state index contributed by atoms with van der Waals surface area (Å²) in [6.45, 7) is 0.896. The summed E-state index contributed by atoms with van der Waals surface area (Å²) in [5.74, 6) is 0.778. The van der Waals surface area contributed by atoms with Crippen LogP contribution in [-0.4, -0.2) is 29.8 Å². The molecule has 0 bridgehead atoms. The van der Waals surface area contributed by atoms with E-state index in [-0.39, 0.29) is 24.4 Å². The zero-order valence-corrected chi connectivity index (χ0v) is 12.0. The van der Waals surface area contributed by atoms with Crippen molar-refractivity contribution in [3.05, 3.63) is 53.9 Å². The summed E-state index contributed by atoms with van der Waals surface area (Å²) < 4.78 is 11.0. The van der Waals surface area contributed by atoms with E-state index in [9.17, 15) is 9.59 Å². The Balaban J connectivity index is 1.69. The second kappa shape index (κ2) is 6.39. The average Bonchev–Trinajstić information content (AvgIpc) is 2.59. The molecule has 1 aliphatic rings. The summed E-state index contributed by atoms with van der Waals surface area (Å²) in [4.78, 5) is 28.3. The molecular formula is C17H15NO4. The lowest BCUT2D eigenvalue weighted by Crippen LogP contribution is -2.18. The zero-order valence-electron chi connectivity index (χ0n) is 12.0. The molecule has 1 aromatic carbocycles. The van der Waals surface area contributed by atoms with E-state index in [2.05, 4.69) is 4.98 Å². The number of hydrogen-bond acceptors (Lipinski definition) is 5. The number of carbonyl (C=O) groups is 2. The van der Waals surface area contributed by atoms with Crippen LogP contribution in [-0.2, 0) is 0 Å². The fourth-order valence-corrected chi connectivity index (χ4v) is 2.31. The second-order valence-corrected chi connectivity index (χ2v) is 4.89. The molecule has 0 saturated carbocycles. The highest BCUT2D eigenvalue weighted by molar-refractivity contribution is 6.03. The molecule has 0 fully saturated rings. The summed E-state index contributed by atoms with van der Waals surface area (Å²) in [6.07, 6.45) is 1.81. The highest BCUT2D eigenvalue weighted by Crippen LogP contribution is 2.34. The quantitative estimate of drug-likeness (QED) is 0.794. The lowest BCUT2D eigenvalue weighted by atomic mass is 10.0. The molecule has 3 rings (SSSR count). The van der Waals surface area contributed by atoms with E-state index >= 15 is 0 Å². The molecule has 0 radical (unpaired) electrons. The first kappa shape index (κ1) is 14.3. The maximum atomic E-state index is 12.3. The molecule has 1 aliphatic heterocycles. The second-order valence-electron chi connectivity index (χ2n) is 4.89. The predicted molar refractivity (Wildman–Crippen MR) is 79.6 cm³/mol. The Kier molecular flexibility index (Phi) is 4.14. The Morgan fingerprint density at radius 2 is 1.77 bits per heavy atom. The fourth-order valence-electron chi connectivity index (χ4n) is 2.31. The van der Waals surface area contributed by atoms with Gasteiger partial charge in [0.25, 0.3) is 0 Å². The monoisotopic (exact) mass is 297 g/mol. The van der Waals surface area contributed by atoms with Gasteiger partial charge >= 0.3 is 0 Å². The Morgan fingerprint density at radius 1 is 0.955 bits per heavy atom. The van der Waals surface area contributed by atoms with Crippen LogP contribution < -0.4 is 9.47 Å². The standard InChI is InChI=1S/C17H15NO4/c19-14(7-8-15(20)13-5-1-2-9-18-13)12-4-3-6-16-17(12)22-11-10-21-16/h1-6,9H,7-8,10-11H2. The molecule has 112 valence electrons. The molecular weight excluding hydrogens is 282 g/mol. The number of rotatable bonds is 5. The van der Waals surface area contributed by atoms with Crippen molar-refractivity contribution < 1.29 is 19.1 Å². The van der Waals surface area contributed by atoms with Crippen LogP contribution in [0.1, 0.15) is 33.7 Å². The number of benzene rings is 1. The topological polar surface area (TPSA) is 65.5 Å². The van der Waals surface area contributed by atoms with Gasteiger partial charge < -0.3 is 9.47 Å². The summed E-state index contributed by atoms with van der Waals surface area (Å²) in [5.41, 5.74) is 0.844. The molecule has 1 aromatic heterocycles. The third-order valence-electron chi connectivity index (χ3n) is 3.40. The number of carbonyl (C=O) groups excluding carboxylic acids is 2. The van der Waals surface area contributed by atoms with Crippen LogP contribution >= 0.6 is 0 Å². The van der Waals surface area contributed by atoms with Gasteiger partial charge in [-0.25, -0.2) is 0 Å². The van der Waals surface area contributed by atoms with Crippen molar-refractivity contribution in [2.24, 2.45) is 0 Å². The molecule has 5 heteroatoms. The van der Waals surface area contributed by atoms with Crippen LogP contribution in [0.2, 0.25) is 0 Å². The van der Waals surface area contributed by atoms with Gasteiger partial charge in [0.1, 0.15) is 18.9 Å². The largest absolute Gasteiger partial charge is 0.486 e. The maximum Gasteiger partial charge on any atom is 0.181 e. The summed E-state index contributed by atoms with van der Waals surface area (Å²) in [5, 5.41) is 0. The maximum absolute atomic E-state index is 12.3. The number of Topliss-reactive ketones (excluding diaryl/α,β-unsaturated/α-hetero) is 2. The number of pyridine rings is 1. The van der Waals surface area contributed by atoms with Crippen molar-refractivity contribution in [3.8, 4) is 11.5 Å². The Morgan fingerprint density at radius 3 is 2.59 bits per heavy atom. The highest BCUT2D eigenvalue weighted by atomic mass is 16.6. The first-order chi connectivity index (χ1) is 10.8. The molecule has 22 heavy (non-hydrogen) atoms. The van der Waals surface area contributed by atoms with Gasteiger partial charge in [0.05, 0.1) is 5.56 Å². The molecule has 0 N–H and O–H groups in total. The van der Waals surface area contributed by atoms with Crippen molar-refractivity contribution >= 4 is 11.6 Å². The van der Waals surface area contributed by atoms with Crippen molar-refractivity contribution in [1.29, 1.82) is 0 Å². The van der Waals surface area contributed by atoms with Crippen LogP contribution in [0.4, 0.5) is 0 Å². The van der Waals surface area contributed by atoms with Crippen molar-refractivity contribution in [3.63, 3.8) is 0 Å². The molecule has 2 heterocycles. The molecule has 0 aliphatic carbocycles. The van der Waals surface area contributed by atoms with Crippen molar-refractivity contribution in [1.82, 2.24) is 4.98 Å². The minimum absolute atomic E-state index is 0.120. The van der Waals surface area contributed by atoms with Crippen LogP contribution in [0.15, 0.2) is 42.6 Å². The molecule has 0 spiro atoms. The SMILES string of the molecule is O=C(CCC(=O)c1cccc2c1OCCO2)c1ccccn1. The summed E-state index contributed by atoms with van der Waals surface area (Å²) in [6, 6.07) is 10.4. The van der Waals surface area contributed by atoms with Crippen LogP contribution in [0.25, 0.3) is 0 Å². The average molecular weight is 297 g/mol. The van der Waals surface area contributed by atoms with E-state index in [1.807, 2.05) is 0 Å². The van der Waals surface area contributed by atoms with E-state index in [4.69, 9.17) is 9.47 Å². The molecule has 2 aromatic rings. The molecule has 0 unspecified atom stereocenters. The van der Waals surface area contributed by atoms with Gasteiger partial charge in [-0.1, -0.05) is 12.1 Å². The lowest BCUT2D eigenvalue weighted by Gasteiger charge is -2.20. The molecule has 0 amide bonds. The number of fused-ring (bicyclic) bond motifs is 1. The predicted octanol–water partition coefficient (Wildman–Crippen LogP) is 2.70. The summed E-state index contributed by atoms with van der Waals surface area (Å²) in [7, 11) is 0. The van der Waals surface area contributed by atoms with Gasteiger partial charge in [-0.3, -0.25) is 14.6 Å². The van der Waals surface area contributed by atoms with Gasteiger partial charge in [-0.2, -0.15) is 0 Å². The van der Waals surface area contributed by atoms with E-state index < -0.39 is 0 Å². The van der Waals surface area contributed by atoms with Crippen LogP contribution in [0.5, 0.6) is 11.5 Å². The van der Waals surface area contributed by atoms with E-state index in [0.717, 1.165) is 0 Å². The first-order valence-corrected chi connectivity index (χ1v) is 7.12. The fraction of sp³-hybridized carbons (Fsp3) is 0.235. The normalized spacial score (nSPS) is 12.7. The van der Waals surface area contributed by atoms with E-state index in [1.54, 1.807) is 42.6 Å². The van der Waals surface area contributed by atoms with Crippen molar-refractivity contribution in [2.45, 2.75) is 12.8 Å². The Labute approximate surface area is 127 Å². The number of ether oxygens (including phenoxy) is 2. The minimum Gasteiger partial charge on any atom is -0.486 e. The van der Waals surface area contributed by atoms with Gasteiger partial charge in [-0.05, 0) is 24.3 Å². The minimum atomic E-state index is -0.143. The molecule has 0 saturated heterocycles. The first-order valence-electron chi connectivity index (χ1n) is 7.12. The number of nitrogens with zero attached hydrogens (tertiary/aromatic N) is 1. The van der Waals surface area contributed by atoms with Gasteiger partial charge in [0.15, 0.2) is 23.1 Å². The zero-order chi connectivity index (χ0) is 15.4. The third-order valence-corrected chi connectivity index (χ3v) is 3.40. The van der Waals surface area contributed by atoms with E-state index in [1.165, 1.54) is 0 Å². The molecule has 0 atom stereocenters. The number of hydrogen-bond donors (Lipinski definition) is 0. The van der Waals surface area contributed by atoms with Gasteiger partial charge in [0.2, 0.25) is 0 Å². The van der Waals surface area contributed by atoms with Gasteiger partial charge in [-0.15, -0.1) is 0 Å². The van der Waals surface area contributed by atoms with Crippen LogP contribution in [0, 0.1) is 0 Å². The Hall–Kier alpha value is -2.69. The third kappa shape index (κ3) is 2.98.